The lowest BCUT2D eigenvalue weighted by Crippen LogP contribution is -2.29. The minimum atomic E-state index is -4.57. The zero-order valence-corrected chi connectivity index (χ0v) is 12.2. The Morgan fingerprint density at radius 2 is 1.78 bits per heavy atom. The van der Waals surface area contributed by atoms with E-state index in [1.807, 2.05) is 4.90 Å². The molecule has 1 heterocycles. The second kappa shape index (κ2) is 7.01. The van der Waals surface area contributed by atoms with E-state index in [2.05, 4.69) is 10.5 Å². The Morgan fingerprint density at radius 1 is 1.13 bits per heavy atom. The van der Waals surface area contributed by atoms with Crippen molar-refractivity contribution in [3.63, 3.8) is 0 Å². The molecule has 0 amide bonds. The van der Waals surface area contributed by atoms with Crippen LogP contribution >= 0.6 is 0 Å². The van der Waals surface area contributed by atoms with Crippen LogP contribution in [0.25, 0.3) is 0 Å². The number of benzene rings is 1. The minimum Gasteiger partial charge on any atom is -0.372 e. The highest BCUT2D eigenvalue weighted by atomic mass is 19.4. The van der Waals surface area contributed by atoms with E-state index in [9.17, 15) is 13.2 Å². The predicted octanol–water partition coefficient (Wildman–Crippen LogP) is 3.51. The number of piperidine rings is 1. The Balaban J connectivity index is 2.34. The first-order chi connectivity index (χ1) is 11.0. The summed E-state index contributed by atoms with van der Waals surface area (Å²) in [5.41, 5.74) is 0.954. The number of nitrogens with zero attached hydrogens (tertiary/aromatic N) is 4. The first kappa shape index (κ1) is 16.6. The highest BCUT2D eigenvalue weighted by Gasteiger charge is 2.34. The maximum atomic E-state index is 13.2. The molecule has 1 aromatic carbocycles. The normalized spacial score (nSPS) is 14.6. The van der Waals surface area contributed by atoms with Crippen LogP contribution in [0.1, 0.15) is 24.8 Å². The molecule has 5 nitrogen and oxygen atoms in total. The number of hydrazone groups is 1. The molecule has 0 aliphatic carbocycles. The van der Waals surface area contributed by atoms with Crippen LogP contribution in [-0.4, -0.2) is 18.8 Å². The number of halogens is 3. The molecule has 1 aliphatic rings. The van der Waals surface area contributed by atoms with Crippen LogP contribution in [0.5, 0.6) is 0 Å². The van der Waals surface area contributed by atoms with Crippen molar-refractivity contribution >= 4 is 17.1 Å². The van der Waals surface area contributed by atoms with Gasteiger partial charge in [0.05, 0.1) is 11.3 Å². The summed E-state index contributed by atoms with van der Waals surface area (Å²) in [4.78, 5) is 1.92. The van der Waals surface area contributed by atoms with Gasteiger partial charge in [0.2, 0.25) is 5.71 Å². The lowest BCUT2D eigenvalue weighted by molar-refractivity contribution is -0.136. The van der Waals surface area contributed by atoms with Crippen molar-refractivity contribution in [2.45, 2.75) is 25.4 Å². The molecule has 1 aromatic rings. The molecule has 2 rings (SSSR count). The molecule has 1 saturated heterocycles. The van der Waals surface area contributed by atoms with Gasteiger partial charge in [-0.15, -0.1) is 0 Å². The highest BCUT2D eigenvalue weighted by molar-refractivity contribution is 6.10. The molecule has 8 heteroatoms. The largest absolute Gasteiger partial charge is 0.418 e. The number of rotatable bonds is 3. The average molecular weight is 321 g/mol. The second-order valence-electron chi connectivity index (χ2n) is 5.07. The number of hydrogen-bond donors (Lipinski definition) is 1. The van der Waals surface area contributed by atoms with E-state index in [-0.39, 0.29) is 5.69 Å². The second-order valence-corrected chi connectivity index (χ2v) is 5.07. The van der Waals surface area contributed by atoms with E-state index in [1.54, 1.807) is 6.07 Å². The van der Waals surface area contributed by atoms with Gasteiger partial charge in [-0.25, -0.2) is 0 Å². The van der Waals surface area contributed by atoms with Crippen molar-refractivity contribution in [1.29, 1.82) is 10.5 Å². The van der Waals surface area contributed by atoms with Crippen molar-refractivity contribution in [3.05, 3.63) is 23.8 Å². The topological polar surface area (TPSA) is 75.2 Å². The summed E-state index contributed by atoms with van der Waals surface area (Å²) in [5.74, 6) is 0. The molecule has 1 aliphatic heterocycles. The summed E-state index contributed by atoms with van der Waals surface area (Å²) in [6.45, 7) is 1.46. The number of alkyl halides is 3. The summed E-state index contributed by atoms with van der Waals surface area (Å²) in [6, 6.07) is 6.88. The van der Waals surface area contributed by atoms with E-state index >= 15 is 0 Å². The fraction of sp³-hybridized carbons (Fsp3) is 0.400. The summed E-state index contributed by atoms with van der Waals surface area (Å²) >= 11 is 0. The zero-order chi connectivity index (χ0) is 16.9. The summed E-state index contributed by atoms with van der Waals surface area (Å²) in [5, 5.41) is 20.5. The molecule has 0 bridgehead atoms. The SMILES string of the molecule is N#CC(C#N)=NNc1ccc(N2CCCCC2)cc1C(F)(F)F. The third-order valence-electron chi connectivity index (χ3n) is 3.53. The van der Waals surface area contributed by atoms with Crippen LogP contribution in [0.2, 0.25) is 0 Å². The van der Waals surface area contributed by atoms with E-state index < -0.39 is 17.5 Å². The van der Waals surface area contributed by atoms with Gasteiger partial charge >= 0.3 is 6.18 Å². The van der Waals surface area contributed by atoms with Crippen molar-refractivity contribution in [3.8, 4) is 12.1 Å². The quantitative estimate of drug-likeness (QED) is 0.683. The third-order valence-corrected chi connectivity index (χ3v) is 3.53. The van der Waals surface area contributed by atoms with Crippen LogP contribution in [0.15, 0.2) is 23.3 Å². The summed E-state index contributed by atoms with van der Waals surface area (Å²) < 4.78 is 39.7. The molecule has 0 atom stereocenters. The van der Waals surface area contributed by atoms with Crippen molar-refractivity contribution in [1.82, 2.24) is 0 Å². The van der Waals surface area contributed by atoms with Crippen molar-refractivity contribution < 1.29 is 13.2 Å². The van der Waals surface area contributed by atoms with Gasteiger partial charge in [0.1, 0.15) is 12.1 Å². The molecule has 1 fully saturated rings. The Bertz CT molecular complexity index is 660. The standard InChI is InChI=1S/C15H14F3N5/c16-15(17,18)13-8-12(23-6-2-1-3-7-23)4-5-14(13)22-21-11(9-19)10-20/h4-5,8,22H,1-3,6-7H2. The molecule has 1 N–H and O–H groups in total. The Labute approximate surface area is 131 Å². The van der Waals surface area contributed by atoms with Gasteiger partial charge in [-0.2, -0.15) is 28.8 Å². The lowest BCUT2D eigenvalue weighted by Gasteiger charge is -2.29. The molecule has 23 heavy (non-hydrogen) atoms. The number of hydrogen-bond acceptors (Lipinski definition) is 5. The van der Waals surface area contributed by atoms with Gasteiger partial charge in [0.15, 0.2) is 0 Å². The Hall–Kier alpha value is -2.74. The fourth-order valence-electron chi connectivity index (χ4n) is 2.40. The van der Waals surface area contributed by atoms with E-state index in [4.69, 9.17) is 10.5 Å². The number of anilines is 2. The van der Waals surface area contributed by atoms with Crippen LogP contribution < -0.4 is 10.3 Å². The predicted molar refractivity (Wildman–Crippen MR) is 79.8 cm³/mol. The van der Waals surface area contributed by atoms with E-state index in [1.165, 1.54) is 18.2 Å². The summed E-state index contributed by atoms with van der Waals surface area (Å²) in [6.07, 6.45) is -1.57. The van der Waals surface area contributed by atoms with Crippen molar-refractivity contribution in [2.24, 2.45) is 5.10 Å². The molecule has 120 valence electrons. The highest BCUT2D eigenvalue weighted by Crippen LogP contribution is 2.37. The maximum Gasteiger partial charge on any atom is 0.418 e. The monoisotopic (exact) mass is 321 g/mol. The van der Waals surface area contributed by atoms with Gasteiger partial charge in [-0.1, -0.05) is 0 Å². The smallest absolute Gasteiger partial charge is 0.372 e. The molecular weight excluding hydrogens is 307 g/mol. The minimum absolute atomic E-state index is 0.291. The van der Waals surface area contributed by atoms with Gasteiger partial charge in [0.25, 0.3) is 0 Å². The Kier molecular flexibility index (Phi) is 5.07. The van der Waals surface area contributed by atoms with Gasteiger partial charge in [0, 0.05) is 18.8 Å². The van der Waals surface area contributed by atoms with Crippen LogP contribution in [0.3, 0.4) is 0 Å². The molecule has 0 saturated carbocycles. The van der Waals surface area contributed by atoms with Crippen LogP contribution in [0.4, 0.5) is 24.5 Å². The molecule has 0 radical (unpaired) electrons. The Morgan fingerprint density at radius 3 is 2.35 bits per heavy atom. The molecular formula is C15H14F3N5. The van der Waals surface area contributed by atoms with Gasteiger partial charge in [-0.05, 0) is 37.5 Å². The lowest BCUT2D eigenvalue weighted by atomic mass is 10.1. The van der Waals surface area contributed by atoms with Crippen LogP contribution in [-0.2, 0) is 6.18 Å². The van der Waals surface area contributed by atoms with Crippen molar-refractivity contribution in [2.75, 3.05) is 23.4 Å². The zero-order valence-electron chi connectivity index (χ0n) is 12.2. The van der Waals surface area contributed by atoms with E-state index in [0.29, 0.717) is 5.69 Å². The third kappa shape index (κ3) is 4.13. The van der Waals surface area contributed by atoms with Gasteiger partial charge in [-0.3, -0.25) is 5.43 Å². The number of nitriles is 2. The molecule has 0 spiro atoms. The number of nitrogens with one attached hydrogen (secondary N) is 1. The van der Waals surface area contributed by atoms with Gasteiger partial charge < -0.3 is 4.90 Å². The first-order valence-electron chi connectivity index (χ1n) is 7.06. The van der Waals surface area contributed by atoms with Crippen LogP contribution in [0, 0.1) is 22.7 Å². The first-order valence-corrected chi connectivity index (χ1v) is 7.06. The molecule has 0 unspecified atom stereocenters. The molecule has 0 aromatic heterocycles. The summed E-state index contributed by atoms with van der Waals surface area (Å²) in [7, 11) is 0. The maximum absolute atomic E-state index is 13.2. The van der Waals surface area contributed by atoms with E-state index in [0.717, 1.165) is 38.4 Å². The fourth-order valence-corrected chi connectivity index (χ4v) is 2.40. The average Bonchev–Trinajstić information content (AvgIpc) is 2.56.